The van der Waals surface area contributed by atoms with E-state index in [2.05, 4.69) is 11.1 Å². The normalized spacial score (nSPS) is 13.8. The van der Waals surface area contributed by atoms with E-state index < -0.39 is 0 Å². The molecule has 1 aliphatic rings. The van der Waals surface area contributed by atoms with Crippen molar-refractivity contribution in [1.82, 2.24) is 10.0 Å². The summed E-state index contributed by atoms with van der Waals surface area (Å²) in [5, 5.41) is 1.24. The molecule has 0 aliphatic heterocycles. The number of hydrogen-bond acceptors (Lipinski definition) is 3. The lowest BCUT2D eigenvalue weighted by atomic mass is 10.2. The summed E-state index contributed by atoms with van der Waals surface area (Å²) in [4.78, 5) is 21.8. The molecule has 1 aliphatic carbocycles. The zero-order valence-corrected chi connectivity index (χ0v) is 11.7. The summed E-state index contributed by atoms with van der Waals surface area (Å²) < 4.78 is 0. The molecular weight excluding hydrogens is 252 g/mol. The van der Waals surface area contributed by atoms with Gasteiger partial charge in [-0.3, -0.25) is 9.63 Å². The molecule has 1 amide bonds. The van der Waals surface area contributed by atoms with E-state index in [0.29, 0.717) is 12.3 Å². The molecule has 0 N–H and O–H groups in total. The van der Waals surface area contributed by atoms with Gasteiger partial charge in [0, 0.05) is 12.7 Å². The molecule has 0 unspecified atom stereocenters. The van der Waals surface area contributed by atoms with Crippen molar-refractivity contribution in [3.05, 3.63) is 65.5 Å². The number of aromatic nitrogens is 1. The third-order valence-corrected chi connectivity index (χ3v) is 2.91. The zero-order chi connectivity index (χ0) is 14.4. The molecule has 0 saturated heterocycles. The minimum Gasteiger partial charge on any atom is -0.266 e. The molecule has 0 atom stereocenters. The minimum atomic E-state index is -0.242. The number of hydrogen-bond donors (Lipinski definition) is 0. The lowest BCUT2D eigenvalue weighted by molar-refractivity contribution is -0.0964. The lowest BCUT2D eigenvalue weighted by Gasteiger charge is -2.17. The average Bonchev–Trinajstić information content (AvgIpc) is 2.72. The maximum Gasteiger partial charge on any atom is 0.295 e. The van der Waals surface area contributed by atoms with Crippen molar-refractivity contribution in [3.8, 4) is 0 Å². The summed E-state index contributed by atoms with van der Waals surface area (Å²) in [5.74, 6) is -0.242. The van der Waals surface area contributed by atoms with Crippen LogP contribution < -0.4 is 0 Å². The monoisotopic (exact) mass is 270 g/mol. The molecule has 0 radical (unpaired) electrons. The summed E-state index contributed by atoms with van der Waals surface area (Å²) in [5.41, 5.74) is 2.32. The van der Waals surface area contributed by atoms with E-state index in [-0.39, 0.29) is 5.91 Å². The summed E-state index contributed by atoms with van der Waals surface area (Å²) in [7, 11) is 1.61. The van der Waals surface area contributed by atoms with Crippen LogP contribution in [0.5, 0.6) is 0 Å². The van der Waals surface area contributed by atoms with Crippen molar-refractivity contribution in [3.63, 3.8) is 0 Å². The van der Waals surface area contributed by atoms with Gasteiger partial charge in [-0.25, -0.2) is 10.0 Å². The Morgan fingerprint density at radius 3 is 3.00 bits per heavy atom. The Morgan fingerprint density at radius 1 is 1.35 bits per heavy atom. The van der Waals surface area contributed by atoms with Crippen LogP contribution in [0.15, 0.2) is 54.2 Å². The fraction of sp³-hybridized carbons (Fsp3) is 0.250. The lowest BCUT2D eigenvalue weighted by Crippen LogP contribution is -2.28. The molecular formula is C16H18N2O2. The van der Waals surface area contributed by atoms with Gasteiger partial charge in [-0.1, -0.05) is 36.4 Å². The SMILES string of the molecule is Cc1cccc(C(=O)N(C)OCC2=CC=CC=CC2)n1. The number of amides is 1. The standard InChI is InChI=1S/C16H18N2O2/c1-13-8-7-11-15(17-13)16(19)18(2)20-12-14-9-5-3-4-6-10-14/h3-9,11H,10,12H2,1-2H3. The van der Waals surface area contributed by atoms with Crippen molar-refractivity contribution in [1.29, 1.82) is 0 Å². The molecule has 2 rings (SSSR count). The van der Waals surface area contributed by atoms with Gasteiger partial charge in [0.2, 0.25) is 0 Å². The third-order valence-electron chi connectivity index (χ3n) is 2.91. The first kappa shape index (κ1) is 14.2. The van der Waals surface area contributed by atoms with Crippen LogP contribution in [0.25, 0.3) is 0 Å². The number of nitrogens with zero attached hydrogens (tertiary/aromatic N) is 2. The summed E-state index contributed by atoms with van der Waals surface area (Å²) >= 11 is 0. The molecule has 20 heavy (non-hydrogen) atoms. The smallest absolute Gasteiger partial charge is 0.266 e. The molecule has 1 heterocycles. The second kappa shape index (κ2) is 6.82. The molecule has 4 heteroatoms. The number of pyridine rings is 1. The highest BCUT2D eigenvalue weighted by molar-refractivity contribution is 5.91. The largest absolute Gasteiger partial charge is 0.295 e. The molecule has 0 spiro atoms. The fourth-order valence-electron chi connectivity index (χ4n) is 1.79. The van der Waals surface area contributed by atoms with E-state index in [4.69, 9.17) is 4.84 Å². The number of hydroxylamine groups is 2. The topological polar surface area (TPSA) is 42.4 Å². The Hall–Kier alpha value is -2.20. The van der Waals surface area contributed by atoms with Crippen LogP contribution in [0.4, 0.5) is 0 Å². The summed E-state index contributed by atoms with van der Waals surface area (Å²) in [6, 6.07) is 5.35. The van der Waals surface area contributed by atoms with Crippen molar-refractivity contribution in [2.45, 2.75) is 13.3 Å². The maximum atomic E-state index is 12.1. The van der Waals surface area contributed by atoms with Crippen LogP contribution in [0.3, 0.4) is 0 Å². The Bertz CT molecular complexity index is 574. The first-order valence-electron chi connectivity index (χ1n) is 6.52. The minimum absolute atomic E-state index is 0.242. The molecule has 1 aromatic rings. The summed E-state index contributed by atoms with van der Waals surface area (Å²) in [6.45, 7) is 2.25. The highest BCUT2D eigenvalue weighted by atomic mass is 16.7. The maximum absolute atomic E-state index is 12.1. The van der Waals surface area contributed by atoms with E-state index in [1.54, 1.807) is 13.1 Å². The Labute approximate surface area is 119 Å². The third kappa shape index (κ3) is 3.90. The van der Waals surface area contributed by atoms with Crippen LogP contribution in [0, 0.1) is 6.92 Å². The van der Waals surface area contributed by atoms with Gasteiger partial charge < -0.3 is 0 Å². The fourth-order valence-corrected chi connectivity index (χ4v) is 1.79. The van der Waals surface area contributed by atoms with Gasteiger partial charge in [0.05, 0.1) is 6.61 Å². The van der Waals surface area contributed by atoms with Crippen LogP contribution >= 0.6 is 0 Å². The Kier molecular flexibility index (Phi) is 4.85. The Morgan fingerprint density at radius 2 is 2.20 bits per heavy atom. The predicted molar refractivity (Wildman–Crippen MR) is 78.0 cm³/mol. The predicted octanol–water partition coefficient (Wildman–Crippen LogP) is 2.84. The van der Waals surface area contributed by atoms with E-state index in [9.17, 15) is 4.79 Å². The van der Waals surface area contributed by atoms with Crippen molar-refractivity contribution < 1.29 is 9.63 Å². The van der Waals surface area contributed by atoms with Gasteiger partial charge in [0.15, 0.2) is 0 Å². The highest BCUT2D eigenvalue weighted by Gasteiger charge is 2.14. The quantitative estimate of drug-likeness (QED) is 0.790. The summed E-state index contributed by atoms with van der Waals surface area (Å²) in [6.07, 6.45) is 10.8. The number of rotatable bonds is 4. The second-order valence-corrected chi connectivity index (χ2v) is 4.58. The van der Waals surface area contributed by atoms with E-state index in [1.165, 1.54) is 5.06 Å². The number of carbonyl (C=O) groups is 1. The first-order valence-corrected chi connectivity index (χ1v) is 6.52. The number of allylic oxidation sites excluding steroid dienone is 5. The molecule has 104 valence electrons. The second-order valence-electron chi connectivity index (χ2n) is 4.58. The molecule has 4 nitrogen and oxygen atoms in total. The van der Waals surface area contributed by atoms with Gasteiger partial charge in [-0.05, 0) is 31.1 Å². The van der Waals surface area contributed by atoms with Crippen LogP contribution in [-0.2, 0) is 4.84 Å². The number of aryl methyl sites for hydroxylation is 1. The van der Waals surface area contributed by atoms with Crippen molar-refractivity contribution in [2.75, 3.05) is 13.7 Å². The van der Waals surface area contributed by atoms with E-state index in [0.717, 1.165) is 17.7 Å². The van der Waals surface area contributed by atoms with Gasteiger partial charge in [0.1, 0.15) is 5.69 Å². The van der Waals surface area contributed by atoms with Crippen LogP contribution in [0.2, 0.25) is 0 Å². The van der Waals surface area contributed by atoms with Crippen LogP contribution in [-0.4, -0.2) is 29.6 Å². The molecule has 0 bridgehead atoms. The molecule has 1 aromatic heterocycles. The van der Waals surface area contributed by atoms with E-state index >= 15 is 0 Å². The van der Waals surface area contributed by atoms with Crippen molar-refractivity contribution in [2.24, 2.45) is 0 Å². The molecule has 0 aromatic carbocycles. The van der Waals surface area contributed by atoms with Gasteiger partial charge in [-0.2, -0.15) is 0 Å². The molecule has 0 fully saturated rings. The highest BCUT2D eigenvalue weighted by Crippen LogP contribution is 2.09. The van der Waals surface area contributed by atoms with E-state index in [1.807, 2.05) is 43.4 Å². The van der Waals surface area contributed by atoms with Gasteiger partial charge in [-0.15, -0.1) is 0 Å². The van der Waals surface area contributed by atoms with Gasteiger partial charge >= 0.3 is 0 Å². The van der Waals surface area contributed by atoms with Gasteiger partial charge in [0.25, 0.3) is 5.91 Å². The Balaban J connectivity index is 1.93. The number of carbonyl (C=O) groups excluding carboxylic acids is 1. The average molecular weight is 270 g/mol. The van der Waals surface area contributed by atoms with Crippen LogP contribution in [0.1, 0.15) is 22.6 Å². The zero-order valence-electron chi connectivity index (χ0n) is 11.7. The first-order chi connectivity index (χ1) is 9.66. The van der Waals surface area contributed by atoms with Crippen molar-refractivity contribution >= 4 is 5.91 Å². The molecule has 0 saturated carbocycles.